The maximum Gasteiger partial charge on any atom is 0.416 e. The Kier molecular flexibility index (Phi) is 6.87. The van der Waals surface area contributed by atoms with Crippen LogP contribution < -0.4 is 14.8 Å². The molecule has 30 heavy (non-hydrogen) atoms. The third-order valence-corrected chi connectivity index (χ3v) is 5.22. The fraction of sp³-hybridized carbons (Fsp3) is 0.409. The molecule has 8 heteroatoms. The van der Waals surface area contributed by atoms with Crippen LogP contribution in [-0.4, -0.2) is 44.7 Å². The van der Waals surface area contributed by atoms with Crippen molar-refractivity contribution in [2.24, 2.45) is 0 Å². The fourth-order valence-electron chi connectivity index (χ4n) is 3.67. The molecule has 162 valence electrons. The van der Waals surface area contributed by atoms with E-state index in [2.05, 4.69) is 10.2 Å². The average molecular weight is 422 g/mol. The number of alkyl halides is 3. The Labute approximate surface area is 173 Å². The Morgan fingerprint density at radius 3 is 2.43 bits per heavy atom. The van der Waals surface area contributed by atoms with Gasteiger partial charge in [-0.25, -0.2) is 0 Å². The third kappa shape index (κ3) is 5.24. The Balaban J connectivity index is 1.53. The number of carbonyl (C=O) groups is 1. The van der Waals surface area contributed by atoms with Crippen LogP contribution in [0.15, 0.2) is 36.4 Å². The van der Waals surface area contributed by atoms with Crippen molar-refractivity contribution in [3.63, 3.8) is 0 Å². The van der Waals surface area contributed by atoms with Crippen LogP contribution in [0, 0.1) is 0 Å². The normalized spacial score (nSPS) is 14.2. The lowest BCUT2D eigenvalue weighted by Gasteiger charge is -2.29. The predicted molar refractivity (Wildman–Crippen MR) is 107 cm³/mol. The highest BCUT2D eigenvalue weighted by Gasteiger charge is 2.33. The number of benzene rings is 2. The van der Waals surface area contributed by atoms with Gasteiger partial charge in [0.1, 0.15) is 0 Å². The van der Waals surface area contributed by atoms with Gasteiger partial charge >= 0.3 is 6.18 Å². The first kappa shape index (κ1) is 22.0. The standard InChI is InChI=1S/C22H25F3N2O3/c1-29-19-11-15-7-9-27(14-17(15)12-20(19)30-2)10-8-26-21(28)13-16-5-3-4-6-18(16)22(23,24)25/h3-6,11-12H,7-10,13-14H2,1-2H3,(H,26,28). The maximum absolute atomic E-state index is 13.1. The average Bonchev–Trinajstić information content (AvgIpc) is 2.72. The van der Waals surface area contributed by atoms with Crippen molar-refractivity contribution in [2.75, 3.05) is 33.9 Å². The zero-order valence-corrected chi connectivity index (χ0v) is 17.0. The third-order valence-electron chi connectivity index (χ3n) is 5.22. The minimum Gasteiger partial charge on any atom is -0.493 e. The van der Waals surface area contributed by atoms with E-state index in [1.807, 2.05) is 12.1 Å². The van der Waals surface area contributed by atoms with Crippen molar-refractivity contribution in [1.29, 1.82) is 0 Å². The predicted octanol–water partition coefficient (Wildman–Crippen LogP) is 3.44. The van der Waals surface area contributed by atoms with Gasteiger partial charge in [0, 0.05) is 26.2 Å². The van der Waals surface area contributed by atoms with Crippen LogP contribution in [-0.2, 0) is 30.4 Å². The van der Waals surface area contributed by atoms with Crippen molar-refractivity contribution in [3.05, 3.63) is 58.7 Å². The molecule has 0 spiro atoms. The number of hydrogen-bond acceptors (Lipinski definition) is 4. The molecule has 5 nitrogen and oxygen atoms in total. The van der Waals surface area contributed by atoms with Gasteiger partial charge in [0.25, 0.3) is 0 Å². The zero-order chi connectivity index (χ0) is 21.7. The van der Waals surface area contributed by atoms with Crippen LogP contribution in [0.1, 0.15) is 22.3 Å². The molecular formula is C22H25F3N2O3. The van der Waals surface area contributed by atoms with Crippen molar-refractivity contribution in [3.8, 4) is 11.5 Å². The molecule has 0 unspecified atom stereocenters. The SMILES string of the molecule is COc1cc2c(cc1OC)CN(CCNC(=O)Cc1ccccc1C(F)(F)F)CC2. The molecule has 3 rings (SSSR count). The van der Waals surface area contributed by atoms with Crippen LogP contribution in [0.4, 0.5) is 13.2 Å². The number of carbonyl (C=O) groups excluding carboxylic acids is 1. The van der Waals surface area contributed by atoms with E-state index in [0.29, 0.717) is 31.1 Å². The molecule has 0 fully saturated rings. The molecule has 1 N–H and O–H groups in total. The summed E-state index contributed by atoms with van der Waals surface area (Å²) < 4.78 is 49.9. The van der Waals surface area contributed by atoms with Gasteiger partial charge in [0.05, 0.1) is 26.2 Å². The van der Waals surface area contributed by atoms with Crippen molar-refractivity contribution in [1.82, 2.24) is 10.2 Å². The number of rotatable bonds is 7. The lowest BCUT2D eigenvalue weighted by molar-refractivity contribution is -0.138. The van der Waals surface area contributed by atoms with Crippen LogP contribution in [0.2, 0.25) is 0 Å². The van der Waals surface area contributed by atoms with Crippen LogP contribution >= 0.6 is 0 Å². The number of amides is 1. The molecule has 1 aliphatic heterocycles. The van der Waals surface area contributed by atoms with Gasteiger partial charge in [-0.2, -0.15) is 13.2 Å². The molecule has 0 aromatic heterocycles. The largest absolute Gasteiger partial charge is 0.493 e. The second kappa shape index (κ2) is 9.38. The van der Waals surface area contributed by atoms with Crippen LogP contribution in [0.25, 0.3) is 0 Å². The van der Waals surface area contributed by atoms with Gasteiger partial charge in [-0.1, -0.05) is 18.2 Å². The number of fused-ring (bicyclic) bond motifs is 1. The Morgan fingerprint density at radius 1 is 1.10 bits per heavy atom. The number of halogens is 3. The number of ether oxygens (including phenoxy) is 2. The van der Waals surface area contributed by atoms with E-state index in [4.69, 9.17) is 9.47 Å². The van der Waals surface area contributed by atoms with E-state index in [1.54, 1.807) is 14.2 Å². The second-order valence-corrected chi connectivity index (χ2v) is 7.18. The minimum absolute atomic E-state index is 0.0181. The monoisotopic (exact) mass is 422 g/mol. The first-order valence-electron chi connectivity index (χ1n) is 9.69. The van der Waals surface area contributed by atoms with Gasteiger partial charge in [-0.3, -0.25) is 9.69 Å². The van der Waals surface area contributed by atoms with E-state index in [9.17, 15) is 18.0 Å². The molecular weight excluding hydrogens is 397 g/mol. The van der Waals surface area contributed by atoms with Gasteiger partial charge in [0.15, 0.2) is 11.5 Å². The lowest BCUT2D eigenvalue weighted by atomic mass is 9.99. The highest BCUT2D eigenvalue weighted by atomic mass is 19.4. The van der Waals surface area contributed by atoms with E-state index < -0.39 is 17.6 Å². The minimum atomic E-state index is -4.47. The van der Waals surface area contributed by atoms with E-state index in [1.165, 1.54) is 23.8 Å². The molecule has 0 radical (unpaired) electrons. The van der Waals surface area contributed by atoms with Gasteiger partial charge in [0.2, 0.25) is 5.91 Å². The topological polar surface area (TPSA) is 50.8 Å². The molecule has 0 aliphatic carbocycles. The number of hydrogen-bond donors (Lipinski definition) is 1. The highest BCUT2D eigenvalue weighted by molar-refractivity contribution is 5.79. The van der Waals surface area contributed by atoms with Gasteiger partial charge in [-0.05, 0) is 41.3 Å². The van der Waals surface area contributed by atoms with Crippen LogP contribution in [0.3, 0.4) is 0 Å². The van der Waals surface area contributed by atoms with Gasteiger partial charge < -0.3 is 14.8 Å². The summed E-state index contributed by atoms with van der Waals surface area (Å²) in [6.07, 6.45) is -3.92. The molecule has 1 aliphatic rings. The molecule has 0 bridgehead atoms. The summed E-state index contributed by atoms with van der Waals surface area (Å²) in [5, 5.41) is 2.73. The lowest BCUT2D eigenvalue weighted by Crippen LogP contribution is -2.38. The van der Waals surface area contributed by atoms with E-state index in [-0.39, 0.29) is 12.0 Å². The Morgan fingerprint density at radius 2 is 1.77 bits per heavy atom. The van der Waals surface area contributed by atoms with Crippen molar-refractivity contribution >= 4 is 5.91 Å². The number of nitrogens with one attached hydrogen (secondary N) is 1. The molecule has 2 aromatic carbocycles. The van der Waals surface area contributed by atoms with Crippen LogP contribution in [0.5, 0.6) is 11.5 Å². The molecule has 0 saturated carbocycles. The summed E-state index contributed by atoms with van der Waals surface area (Å²) in [7, 11) is 3.20. The molecule has 2 aromatic rings. The summed E-state index contributed by atoms with van der Waals surface area (Å²) in [6, 6.07) is 9.12. The Hall–Kier alpha value is -2.74. The summed E-state index contributed by atoms with van der Waals surface area (Å²) in [5.74, 6) is 0.960. The first-order valence-corrected chi connectivity index (χ1v) is 9.69. The Bertz CT molecular complexity index is 900. The summed E-state index contributed by atoms with van der Waals surface area (Å²) >= 11 is 0. The van der Waals surface area contributed by atoms with E-state index in [0.717, 1.165) is 24.6 Å². The quantitative estimate of drug-likeness (QED) is 0.743. The summed E-state index contributed by atoms with van der Waals surface area (Å²) in [6.45, 7) is 2.52. The summed E-state index contributed by atoms with van der Waals surface area (Å²) in [5.41, 5.74) is 1.56. The van der Waals surface area contributed by atoms with E-state index >= 15 is 0 Å². The second-order valence-electron chi connectivity index (χ2n) is 7.18. The first-order chi connectivity index (χ1) is 14.3. The molecule has 1 amide bonds. The smallest absolute Gasteiger partial charge is 0.416 e. The van der Waals surface area contributed by atoms with Crippen molar-refractivity contribution in [2.45, 2.75) is 25.6 Å². The fourth-order valence-corrected chi connectivity index (χ4v) is 3.67. The summed E-state index contributed by atoms with van der Waals surface area (Å²) in [4.78, 5) is 14.4. The molecule has 0 atom stereocenters. The molecule has 1 heterocycles. The number of nitrogens with zero attached hydrogens (tertiary/aromatic N) is 1. The van der Waals surface area contributed by atoms with Gasteiger partial charge in [-0.15, -0.1) is 0 Å². The van der Waals surface area contributed by atoms with Crippen molar-refractivity contribution < 1.29 is 27.4 Å². The molecule has 0 saturated heterocycles. The maximum atomic E-state index is 13.1. The number of methoxy groups -OCH3 is 2. The zero-order valence-electron chi connectivity index (χ0n) is 17.0. The highest BCUT2D eigenvalue weighted by Crippen LogP contribution is 2.33.